The van der Waals surface area contributed by atoms with Crippen molar-refractivity contribution in [1.29, 1.82) is 0 Å². The first-order chi connectivity index (χ1) is 7.24. The summed E-state index contributed by atoms with van der Waals surface area (Å²) < 4.78 is 2.24. The second-order valence-corrected chi connectivity index (χ2v) is 4.07. The molecule has 0 aromatic carbocycles. The summed E-state index contributed by atoms with van der Waals surface area (Å²) in [7, 11) is 0. The quantitative estimate of drug-likeness (QED) is 0.920. The number of aromatic amines is 1. The number of hydrogen-bond acceptors (Lipinski definition) is 3. The van der Waals surface area contributed by atoms with Crippen molar-refractivity contribution in [2.75, 3.05) is 0 Å². The molecule has 0 aliphatic heterocycles. The topological polar surface area (TPSA) is 63.0 Å². The molecule has 0 aliphatic rings. The number of nitrogens with zero attached hydrogens (tertiary/aromatic N) is 3. The van der Waals surface area contributed by atoms with Gasteiger partial charge in [0, 0.05) is 6.42 Å². The molecule has 5 nitrogen and oxygen atoms in total. The van der Waals surface area contributed by atoms with Crippen LogP contribution in [0.5, 0.6) is 0 Å². The third kappa shape index (κ3) is 1.81. The van der Waals surface area contributed by atoms with Crippen LogP contribution in [0.1, 0.15) is 25.6 Å². The minimum absolute atomic E-state index is 0.239. The van der Waals surface area contributed by atoms with Crippen LogP contribution in [0.2, 0.25) is 0 Å². The number of rotatable bonds is 3. The van der Waals surface area contributed by atoms with Crippen molar-refractivity contribution in [3.05, 3.63) is 27.1 Å². The second-order valence-electron chi connectivity index (χ2n) is 3.32. The Balaban J connectivity index is 2.60. The van der Waals surface area contributed by atoms with E-state index >= 15 is 0 Å². The van der Waals surface area contributed by atoms with E-state index in [2.05, 4.69) is 38.0 Å². The van der Waals surface area contributed by atoms with Crippen LogP contribution in [-0.2, 0) is 6.42 Å². The molecule has 2 rings (SSSR count). The summed E-state index contributed by atoms with van der Waals surface area (Å²) >= 11 is 3.32. The van der Waals surface area contributed by atoms with Crippen LogP contribution in [-0.4, -0.2) is 19.6 Å². The van der Waals surface area contributed by atoms with Gasteiger partial charge in [-0.05, 0) is 22.4 Å². The SMILES string of the molecule is CCCCc1nc(Br)c2cn[nH]c(=O)n12. The number of unbranched alkanes of at least 4 members (excludes halogenated alkanes) is 1. The first kappa shape index (κ1) is 10.4. The lowest BCUT2D eigenvalue weighted by atomic mass is 10.2. The first-order valence-electron chi connectivity index (χ1n) is 4.84. The minimum Gasteiger partial charge on any atom is -0.246 e. The summed E-state index contributed by atoms with van der Waals surface area (Å²) in [5.41, 5.74) is 0.474. The van der Waals surface area contributed by atoms with Crippen molar-refractivity contribution < 1.29 is 0 Å². The van der Waals surface area contributed by atoms with E-state index in [1.807, 2.05) is 0 Å². The average Bonchev–Trinajstić information content (AvgIpc) is 2.55. The Labute approximate surface area is 94.7 Å². The van der Waals surface area contributed by atoms with Gasteiger partial charge in [-0.2, -0.15) is 5.10 Å². The molecule has 0 aliphatic carbocycles. The third-order valence-corrected chi connectivity index (χ3v) is 2.83. The molecular formula is C9H11BrN4O. The smallest absolute Gasteiger partial charge is 0.246 e. The Morgan fingerprint density at radius 3 is 3.13 bits per heavy atom. The predicted octanol–water partition coefficient (Wildman–Crippen LogP) is 1.52. The molecule has 0 radical (unpaired) electrons. The van der Waals surface area contributed by atoms with Gasteiger partial charge in [-0.3, -0.25) is 0 Å². The lowest BCUT2D eigenvalue weighted by Crippen LogP contribution is -2.19. The van der Waals surface area contributed by atoms with Crippen LogP contribution in [0.3, 0.4) is 0 Å². The van der Waals surface area contributed by atoms with Crippen LogP contribution in [0, 0.1) is 0 Å². The van der Waals surface area contributed by atoms with E-state index in [1.54, 1.807) is 10.6 Å². The fraction of sp³-hybridized carbons (Fsp3) is 0.444. The normalized spacial score (nSPS) is 11.1. The Bertz CT molecular complexity index is 530. The van der Waals surface area contributed by atoms with Gasteiger partial charge in [-0.15, -0.1) is 0 Å². The van der Waals surface area contributed by atoms with Gasteiger partial charge in [0.2, 0.25) is 0 Å². The molecule has 2 aromatic heterocycles. The van der Waals surface area contributed by atoms with Crippen LogP contribution < -0.4 is 5.69 Å². The van der Waals surface area contributed by atoms with E-state index in [1.165, 1.54) is 0 Å². The lowest BCUT2D eigenvalue weighted by Gasteiger charge is -1.97. The molecule has 0 saturated heterocycles. The molecule has 0 fully saturated rings. The molecule has 2 aromatic rings. The van der Waals surface area contributed by atoms with Gasteiger partial charge in [0.15, 0.2) is 0 Å². The predicted molar refractivity (Wildman–Crippen MR) is 59.9 cm³/mol. The Morgan fingerprint density at radius 1 is 1.60 bits per heavy atom. The summed E-state index contributed by atoms with van der Waals surface area (Å²) in [6, 6.07) is 0. The molecule has 1 N–H and O–H groups in total. The van der Waals surface area contributed by atoms with E-state index in [4.69, 9.17) is 0 Å². The summed E-state index contributed by atoms with van der Waals surface area (Å²) in [6.07, 6.45) is 4.49. The van der Waals surface area contributed by atoms with Crippen LogP contribution in [0.15, 0.2) is 15.6 Å². The highest BCUT2D eigenvalue weighted by atomic mass is 79.9. The molecule has 6 heteroatoms. The maximum absolute atomic E-state index is 11.6. The number of imidazole rings is 1. The van der Waals surface area contributed by atoms with Gasteiger partial charge in [-0.25, -0.2) is 19.3 Å². The van der Waals surface area contributed by atoms with Crippen molar-refractivity contribution in [1.82, 2.24) is 19.6 Å². The molecule has 0 atom stereocenters. The van der Waals surface area contributed by atoms with Gasteiger partial charge in [0.05, 0.1) is 6.20 Å². The second kappa shape index (κ2) is 4.14. The van der Waals surface area contributed by atoms with Crippen molar-refractivity contribution in [2.45, 2.75) is 26.2 Å². The van der Waals surface area contributed by atoms with Crippen molar-refractivity contribution >= 4 is 21.4 Å². The lowest BCUT2D eigenvalue weighted by molar-refractivity contribution is 0.732. The Morgan fingerprint density at radius 2 is 2.40 bits per heavy atom. The van der Waals surface area contributed by atoms with Gasteiger partial charge in [0.25, 0.3) is 0 Å². The fourth-order valence-corrected chi connectivity index (χ4v) is 1.98. The molecule has 2 heterocycles. The van der Waals surface area contributed by atoms with Crippen LogP contribution in [0.25, 0.3) is 5.52 Å². The largest absolute Gasteiger partial charge is 0.347 e. The number of H-pyrrole nitrogens is 1. The molecule has 0 saturated carbocycles. The third-order valence-electron chi connectivity index (χ3n) is 2.24. The van der Waals surface area contributed by atoms with Crippen LogP contribution in [0.4, 0.5) is 0 Å². The molecule has 0 amide bonds. The average molecular weight is 271 g/mol. The molecular weight excluding hydrogens is 260 g/mol. The molecule has 0 spiro atoms. The summed E-state index contributed by atoms with van der Waals surface area (Å²) in [5, 5.41) is 6.14. The van der Waals surface area contributed by atoms with E-state index in [0.717, 1.165) is 25.1 Å². The summed E-state index contributed by atoms with van der Waals surface area (Å²) in [5.74, 6) is 0.780. The van der Waals surface area contributed by atoms with Gasteiger partial charge in [-0.1, -0.05) is 13.3 Å². The first-order valence-corrected chi connectivity index (χ1v) is 5.64. The molecule has 0 unspecified atom stereocenters. The van der Waals surface area contributed by atoms with Crippen molar-refractivity contribution in [2.24, 2.45) is 0 Å². The zero-order chi connectivity index (χ0) is 10.8. The standard InChI is InChI=1S/C9H11BrN4O/c1-2-3-4-7-12-8(10)6-5-11-13-9(15)14(6)7/h5H,2-4H2,1H3,(H,13,15). The Kier molecular flexibility index (Phi) is 2.86. The number of halogens is 1. The van der Waals surface area contributed by atoms with E-state index in [-0.39, 0.29) is 5.69 Å². The zero-order valence-corrected chi connectivity index (χ0v) is 9.91. The number of aromatic nitrogens is 4. The Hall–Kier alpha value is -1.17. The maximum atomic E-state index is 11.6. The monoisotopic (exact) mass is 270 g/mol. The molecule has 15 heavy (non-hydrogen) atoms. The highest BCUT2D eigenvalue weighted by molar-refractivity contribution is 9.10. The van der Waals surface area contributed by atoms with Crippen LogP contribution >= 0.6 is 15.9 Å². The summed E-state index contributed by atoms with van der Waals surface area (Å²) in [6.45, 7) is 2.11. The number of fused-ring (bicyclic) bond motifs is 1. The highest BCUT2D eigenvalue weighted by Crippen LogP contribution is 2.16. The highest BCUT2D eigenvalue weighted by Gasteiger charge is 2.10. The van der Waals surface area contributed by atoms with Gasteiger partial charge in [0.1, 0.15) is 15.9 Å². The maximum Gasteiger partial charge on any atom is 0.347 e. The fourth-order valence-electron chi connectivity index (χ4n) is 1.49. The van der Waals surface area contributed by atoms with E-state index < -0.39 is 0 Å². The number of hydrogen-bond donors (Lipinski definition) is 1. The molecule has 0 bridgehead atoms. The van der Waals surface area contributed by atoms with Gasteiger partial charge >= 0.3 is 5.69 Å². The summed E-state index contributed by atoms with van der Waals surface area (Å²) in [4.78, 5) is 15.9. The van der Waals surface area contributed by atoms with Gasteiger partial charge < -0.3 is 0 Å². The van der Waals surface area contributed by atoms with E-state index in [9.17, 15) is 4.79 Å². The zero-order valence-electron chi connectivity index (χ0n) is 8.33. The number of nitrogens with one attached hydrogen (secondary N) is 1. The molecule has 80 valence electrons. The number of aryl methyl sites for hydroxylation is 1. The van der Waals surface area contributed by atoms with Crippen molar-refractivity contribution in [3.63, 3.8) is 0 Å². The van der Waals surface area contributed by atoms with Crippen molar-refractivity contribution in [3.8, 4) is 0 Å². The van der Waals surface area contributed by atoms with E-state index in [0.29, 0.717) is 10.1 Å². The minimum atomic E-state index is -0.239.